The zero-order valence-electron chi connectivity index (χ0n) is 5.70. The number of aryl methyl sites for hydroxylation is 2. The maximum atomic E-state index is 10.8. The Labute approximate surface area is 52.1 Å². The van der Waals surface area contributed by atoms with E-state index in [1.165, 1.54) is 9.48 Å². The van der Waals surface area contributed by atoms with Crippen molar-refractivity contribution in [2.24, 2.45) is 14.1 Å². The van der Waals surface area contributed by atoms with Crippen molar-refractivity contribution in [2.45, 2.75) is 6.92 Å². The molecule has 5 heteroatoms. The van der Waals surface area contributed by atoms with Gasteiger partial charge in [-0.2, -0.15) is 0 Å². The minimum absolute atomic E-state index is 0.676. The van der Waals surface area contributed by atoms with Gasteiger partial charge in [-0.05, 0) is 4.91 Å². The van der Waals surface area contributed by atoms with Gasteiger partial charge in [0.15, 0.2) is 4.66 Å². The van der Waals surface area contributed by atoms with Gasteiger partial charge in [0, 0.05) is 11.7 Å². The van der Waals surface area contributed by atoms with Gasteiger partial charge in [0.05, 0.1) is 19.2 Å². The van der Waals surface area contributed by atoms with E-state index in [1.807, 2.05) is 0 Å². The van der Waals surface area contributed by atoms with Crippen LogP contribution in [0, 0.1) is 11.8 Å². The summed E-state index contributed by atoms with van der Waals surface area (Å²) in [7, 11) is 3.26. The molecule has 1 aromatic heterocycles. The Morgan fingerprint density at radius 1 is 1.56 bits per heavy atom. The lowest BCUT2D eigenvalue weighted by Crippen LogP contribution is -2.34. The minimum Gasteiger partial charge on any atom is -0.116 e. The number of hydrogen-bond donors (Lipinski definition) is 0. The molecule has 0 unspecified atom stereocenters. The van der Waals surface area contributed by atoms with Gasteiger partial charge < -0.3 is 0 Å². The van der Waals surface area contributed by atoms with E-state index >= 15 is 0 Å². The molecule has 0 atom stereocenters. The van der Waals surface area contributed by atoms with Gasteiger partial charge in [-0.25, -0.2) is 0 Å². The van der Waals surface area contributed by atoms with E-state index < -0.39 is 0 Å². The Hall–Kier alpha value is -1.13. The van der Waals surface area contributed by atoms with Crippen LogP contribution in [0.2, 0.25) is 0 Å². The number of hydrogen-bond acceptors (Lipinski definition) is 2. The minimum atomic E-state index is 0.676. The van der Waals surface area contributed by atoms with Crippen molar-refractivity contribution in [1.82, 2.24) is 14.6 Å². The predicted molar refractivity (Wildman–Crippen MR) is 30.3 cm³/mol. The van der Waals surface area contributed by atoms with Crippen LogP contribution < -0.4 is 4.66 Å². The average molecular weight is 129 g/mol. The fourth-order valence-corrected chi connectivity index (χ4v) is 0.630. The van der Waals surface area contributed by atoms with Gasteiger partial charge in [-0.1, -0.05) is 0 Å². The first-order valence-corrected chi connectivity index (χ1v) is 2.62. The first-order valence-electron chi connectivity index (χ1n) is 2.62. The molecule has 0 radical (unpaired) electrons. The summed E-state index contributed by atoms with van der Waals surface area (Å²) in [5.74, 6) is 0.701. The number of nitrogens with zero attached hydrogens (tertiary/aromatic N) is 4. The van der Waals surface area contributed by atoms with Gasteiger partial charge in [0.1, 0.15) is 0 Å². The highest BCUT2D eigenvalue weighted by Gasteiger charge is 2.09. The quantitative estimate of drug-likeness (QED) is 0.421. The molecule has 0 bridgehead atoms. The Bertz CT molecular complexity index is 271. The topological polar surface area (TPSA) is 45.7 Å². The predicted octanol–water partition coefficient (Wildman–Crippen LogP) is -1.02. The summed E-state index contributed by atoms with van der Waals surface area (Å²) in [6, 6.07) is 0. The third-order valence-corrected chi connectivity index (χ3v) is 1.26. The smallest absolute Gasteiger partial charge is 0.116 e. The summed E-state index contributed by atoms with van der Waals surface area (Å²) in [5, 5.41) is 3.84. The van der Waals surface area contributed by atoms with Crippen molar-refractivity contribution >= 4 is 0 Å². The molecule has 0 amide bonds. The summed E-state index contributed by atoms with van der Waals surface area (Å²) < 4.78 is 2.09. The van der Waals surface area contributed by atoms with Crippen LogP contribution in [0.5, 0.6) is 0 Å². The lowest BCUT2D eigenvalue weighted by molar-refractivity contribution is -0.679. The van der Waals surface area contributed by atoms with Crippen LogP contribution in [0.1, 0.15) is 5.82 Å². The molecular formula is C4H9N4O+. The molecule has 1 rings (SSSR count). The van der Waals surface area contributed by atoms with Crippen molar-refractivity contribution in [3.05, 3.63) is 10.7 Å². The summed E-state index contributed by atoms with van der Waals surface area (Å²) in [6.45, 7) is 1.77. The Morgan fingerprint density at radius 2 is 2.11 bits per heavy atom. The molecule has 0 aliphatic rings. The third-order valence-electron chi connectivity index (χ3n) is 1.26. The first-order chi connectivity index (χ1) is 4.13. The Balaban J connectivity index is 3.48. The molecule has 1 aromatic rings. The molecule has 0 saturated heterocycles. The molecule has 50 valence electrons. The Morgan fingerprint density at radius 3 is 2.22 bits per heavy atom. The molecule has 0 aliphatic carbocycles. The molecule has 5 nitrogen and oxygen atoms in total. The van der Waals surface area contributed by atoms with Gasteiger partial charge in [-0.3, -0.25) is 0 Å². The monoisotopic (exact) mass is 129 g/mol. The fraction of sp³-hybridized carbons (Fsp3) is 0.750. The number of rotatable bonds is 0. The second-order valence-electron chi connectivity index (χ2n) is 1.91. The van der Waals surface area contributed by atoms with Crippen LogP contribution >= 0.6 is 0 Å². The first kappa shape index (κ1) is 6.00. The molecule has 0 saturated carbocycles. The van der Waals surface area contributed by atoms with E-state index in [0.29, 0.717) is 10.5 Å². The molecular weight excluding hydrogens is 120 g/mol. The van der Waals surface area contributed by atoms with Crippen LogP contribution in [-0.2, 0) is 14.1 Å². The van der Waals surface area contributed by atoms with Gasteiger partial charge in [-0.15, -0.1) is 4.68 Å². The number of tetrazole rings is 1. The average Bonchev–Trinajstić information content (AvgIpc) is 1.98. The van der Waals surface area contributed by atoms with E-state index in [0.717, 1.165) is 0 Å². The maximum absolute atomic E-state index is 10.8. The standard InChI is InChI=1S/C4H9N4O/c1-4-5-7(3)8(9)6(4)2/h1-3H3/q+1. The van der Waals surface area contributed by atoms with Crippen molar-refractivity contribution in [1.29, 1.82) is 0 Å². The van der Waals surface area contributed by atoms with Gasteiger partial charge in [0.2, 0.25) is 0 Å². The van der Waals surface area contributed by atoms with E-state index in [2.05, 4.69) is 5.10 Å². The summed E-state index contributed by atoms with van der Waals surface area (Å²) >= 11 is 0. The summed E-state index contributed by atoms with van der Waals surface area (Å²) in [5.41, 5.74) is 0. The van der Waals surface area contributed by atoms with Crippen molar-refractivity contribution < 1.29 is 4.66 Å². The largest absolute Gasteiger partial charge is 0.281 e. The molecule has 9 heavy (non-hydrogen) atoms. The molecule has 1 heterocycles. The second-order valence-corrected chi connectivity index (χ2v) is 1.91. The van der Waals surface area contributed by atoms with E-state index in [9.17, 15) is 4.91 Å². The van der Waals surface area contributed by atoms with Crippen molar-refractivity contribution in [3.63, 3.8) is 0 Å². The normalized spacial score (nSPS) is 10.1. The van der Waals surface area contributed by atoms with E-state index in [4.69, 9.17) is 0 Å². The lowest BCUT2D eigenvalue weighted by atomic mass is 10.7. The number of aromatic nitrogens is 4. The summed E-state index contributed by atoms with van der Waals surface area (Å²) in [4.78, 5) is 12.0. The maximum Gasteiger partial charge on any atom is 0.281 e. The molecule has 0 aliphatic heterocycles. The van der Waals surface area contributed by atoms with Crippen LogP contribution in [0.3, 0.4) is 0 Å². The molecule has 0 fully saturated rings. The van der Waals surface area contributed by atoms with E-state index in [1.54, 1.807) is 21.0 Å². The highest BCUT2D eigenvalue weighted by Crippen LogP contribution is 1.78. The SMILES string of the molecule is Cc1nn(C)[n+](=O)n1C. The van der Waals surface area contributed by atoms with Crippen LogP contribution in [-0.4, -0.2) is 14.6 Å². The summed E-state index contributed by atoms with van der Waals surface area (Å²) in [6.07, 6.45) is 0. The van der Waals surface area contributed by atoms with Crippen LogP contribution in [0.25, 0.3) is 0 Å². The van der Waals surface area contributed by atoms with Gasteiger partial charge >= 0.3 is 0 Å². The van der Waals surface area contributed by atoms with Gasteiger partial charge in [0.25, 0.3) is 5.82 Å². The van der Waals surface area contributed by atoms with Crippen LogP contribution in [0.4, 0.5) is 0 Å². The lowest BCUT2D eigenvalue weighted by Gasteiger charge is -1.74. The molecule has 0 spiro atoms. The molecule has 0 N–H and O–H groups in total. The fourth-order valence-electron chi connectivity index (χ4n) is 0.630. The van der Waals surface area contributed by atoms with Crippen molar-refractivity contribution in [3.8, 4) is 0 Å². The van der Waals surface area contributed by atoms with Crippen molar-refractivity contribution in [2.75, 3.05) is 0 Å². The molecule has 0 aromatic carbocycles. The zero-order valence-corrected chi connectivity index (χ0v) is 5.70. The highest BCUT2D eigenvalue weighted by atomic mass is 16.3. The second kappa shape index (κ2) is 1.68. The van der Waals surface area contributed by atoms with E-state index in [-0.39, 0.29) is 0 Å². The third kappa shape index (κ3) is 0.737. The highest BCUT2D eigenvalue weighted by molar-refractivity contribution is 4.67. The Kier molecular flexibility index (Phi) is 1.12. The van der Waals surface area contributed by atoms with Crippen LogP contribution in [0.15, 0.2) is 0 Å². The zero-order chi connectivity index (χ0) is 7.02.